The van der Waals surface area contributed by atoms with Gasteiger partial charge in [-0.3, -0.25) is 0 Å². The van der Waals surface area contributed by atoms with Crippen molar-refractivity contribution in [1.82, 2.24) is 9.97 Å². The zero-order chi connectivity index (χ0) is 20.3. The molecule has 3 aromatic carbocycles. The van der Waals surface area contributed by atoms with Crippen molar-refractivity contribution < 1.29 is 4.74 Å². The van der Waals surface area contributed by atoms with Crippen LogP contribution in [0.15, 0.2) is 90.6 Å². The topological polar surface area (TPSA) is 47.0 Å². The largest absolute Gasteiger partial charge is 0.457 e. The Labute approximate surface area is 182 Å². The Kier molecular flexibility index (Phi) is 5.05. The van der Waals surface area contributed by atoms with Gasteiger partial charge in [0.05, 0.1) is 5.39 Å². The van der Waals surface area contributed by atoms with E-state index in [9.17, 15) is 0 Å². The van der Waals surface area contributed by atoms with E-state index >= 15 is 0 Å². The van der Waals surface area contributed by atoms with E-state index in [4.69, 9.17) is 16.3 Å². The Balaban J connectivity index is 1.44. The van der Waals surface area contributed by atoms with E-state index in [1.807, 2.05) is 78.9 Å². The van der Waals surface area contributed by atoms with Crippen LogP contribution in [0.3, 0.4) is 0 Å². The first kappa shape index (κ1) is 18.6. The number of hydrogen-bond donors (Lipinski definition) is 1. The van der Waals surface area contributed by atoms with E-state index in [0.717, 1.165) is 44.3 Å². The van der Waals surface area contributed by atoms with Gasteiger partial charge in [-0.15, -0.1) is 11.3 Å². The fraction of sp³-hybridized carbons (Fsp3) is 0. The third kappa shape index (κ3) is 3.85. The molecule has 5 rings (SSSR count). The molecule has 0 saturated heterocycles. The molecule has 30 heavy (non-hydrogen) atoms. The highest BCUT2D eigenvalue weighted by Crippen LogP contribution is 2.38. The molecule has 0 unspecified atom stereocenters. The Morgan fingerprint density at radius 1 is 0.800 bits per heavy atom. The van der Waals surface area contributed by atoms with Gasteiger partial charge in [0.2, 0.25) is 0 Å². The lowest BCUT2D eigenvalue weighted by molar-refractivity contribution is 0.483. The molecule has 0 amide bonds. The molecule has 6 heteroatoms. The highest BCUT2D eigenvalue weighted by Gasteiger charge is 2.13. The second-order valence-electron chi connectivity index (χ2n) is 6.62. The van der Waals surface area contributed by atoms with Crippen LogP contribution in [0.4, 0.5) is 11.5 Å². The standard InChI is InChI=1S/C24H16ClN3OS/c25-17-8-6-16(7-9-17)21-14-30-24-22(21)23(26-15-27-24)28-18-10-12-20(13-11-18)29-19-4-2-1-3-5-19/h1-15H,(H,26,27,28). The van der Waals surface area contributed by atoms with Crippen LogP contribution >= 0.6 is 22.9 Å². The van der Waals surface area contributed by atoms with E-state index in [1.165, 1.54) is 0 Å². The van der Waals surface area contributed by atoms with Crippen LogP contribution in [-0.4, -0.2) is 9.97 Å². The molecule has 5 aromatic rings. The van der Waals surface area contributed by atoms with Crippen molar-refractivity contribution in [2.75, 3.05) is 5.32 Å². The van der Waals surface area contributed by atoms with Gasteiger partial charge in [0.25, 0.3) is 0 Å². The molecule has 0 bridgehead atoms. The first-order valence-electron chi connectivity index (χ1n) is 9.34. The molecule has 0 aliphatic heterocycles. The summed E-state index contributed by atoms with van der Waals surface area (Å²) in [5.41, 5.74) is 3.08. The van der Waals surface area contributed by atoms with Crippen molar-refractivity contribution >= 4 is 44.7 Å². The number of nitrogens with one attached hydrogen (secondary N) is 1. The van der Waals surface area contributed by atoms with Crippen molar-refractivity contribution in [2.45, 2.75) is 0 Å². The molecule has 0 fully saturated rings. The van der Waals surface area contributed by atoms with E-state index in [0.29, 0.717) is 5.02 Å². The summed E-state index contributed by atoms with van der Waals surface area (Å²) in [6.07, 6.45) is 1.58. The Morgan fingerprint density at radius 3 is 2.30 bits per heavy atom. The first-order valence-corrected chi connectivity index (χ1v) is 10.6. The highest BCUT2D eigenvalue weighted by molar-refractivity contribution is 7.17. The molecule has 0 aliphatic carbocycles. The van der Waals surface area contributed by atoms with Crippen LogP contribution in [0, 0.1) is 0 Å². The van der Waals surface area contributed by atoms with Gasteiger partial charge in [0.1, 0.15) is 28.5 Å². The summed E-state index contributed by atoms with van der Waals surface area (Å²) in [4.78, 5) is 9.86. The summed E-state index contributed by atoms with van der Waals surface area (Å²) in [5.74, 6) is 2.35. The molecular weight excluding hydrogens is 414 g/mol. The molecule has 0 atom stereocenters. The molecular formula is C24H16ClN3OS. The lowest BCUT2D eigenvalue weighted by Crippen LogP contribution is -1.95. The zero-order valence-electron chi connectivity index (χ0n) is 15.7. The molecule has 0 saturated carbocycles. The second-order valence-corrected chi connectivity index (χ2v) is 7.92. The van der Waals surface area contributed by atoms with Crippen LogP contribution < -0.4 is 10.1 Å². The van der Waals surface area contributed by atoms with Crippen molar-refractivity contribution in [3.05, 3.63) is 95.6 Å². The summed E-state index contributed by atoms with van der Waals surface area (Å²) in [7, 11) is 0. The lowest BCUT2D eigenvalue weighted by atomic mass is 10.1. The number of fused-ring (bicyclic) bond motifs is 1. The number of halogens is 1. The molecule has 0 radical (unpaired) electrons. The normalized spacial score (nSPS) is 10.8. The Morgan fingerprint density at radius 2 is 1.53 bits per heavy atom. The van der Waals surface area contributed by atoms with Gasteiger partial charge >= 0.3 is 0 Å². The SMILES string of the molecule is Clc1ccc(-c2csc3ncnc(Nc4ccc(Oc5ccccc5)cc4)c23)cc1. The summed E-state index contributed by atoms with van der Waals surface area (Å²) in [6.45, 7) is 0. The number of para-hydroxylation sites is 1. The van der Waals surface area contributed by atoms with Crippen molar-refractivity contribution in [3.8, 4) is 22.6 Å². The first-order chi connectivity index (χ1) is 14.8. The van der Waals surface area contributed by atoms with Gasteiger partial charge in [-0.2, -0.15) is 0 Å². The highest BCUT2D eigenvalue weighted by atomic mass is 35.5. The van der Waals surface area contributed by atoms with Gasteiger partial charge in [-0.1, -0.05) is 41.9 Å². The fourth-order valence-electron chi connectivity index (χ4n) is 3.18. The van der Waals surface area contributed by atoms with Crippen LogP contribution in [0.25, 0.3) is 21.3 Å². The van der Waals surface area contributed by atoms with Gasteiger partial charge in [0.15, 0.2) is 0 Å². The van der Waals surface area contributed by atoms with Crippen LogP contribution in [0.2, 0.25) is 5.02 Å². The summed E-state index contributed by atoms with van der Waals surface area (Å²) < 4.78 is 5.87. The number of hydrogen-bond acceptors (Lipinski definition) is 5. The van der Waals surface area contributed by atoms with Crippen LogP contribution in [-0.2, 0) is 0 Å². The molecule has 4 nitrogen and oxygen atoms in total. The molecule has 2 heterocycles. The number of ether oxygens (including phenoxy) is 1. The van der Waals surface area contributed by atoms with Crippen LogP contribution in [0.1, 0.15) is 0 Å². The van der Waals surface area contributed by atoms with Crippen molar-refractivity contribution in [3.63, 3.8) is 0 Å². The van der Waals surface area contributed by atoms with E-state index in [2.05, 4.69) is 20.7 Å². The summed E-state index contributed by atoms with van der Waals surface area (Å²) in [5, 5.41) is 7.23. The van der Waals surface area contributed by atoms with Crippen LogP contribution in [0.5, 0.6) is 11.5 Å². The maximum absolute atomic E-state index is 6.05. The molecule has 2 aromatic heterocycles. The molecule has 0 aliphatic rings. The average molecular weight is 430 g/mol. The smallest absolute Gasteiger partial charge is 0.143 e. The number of anilines is 2. The number of benzene rings is 3. The third-order valence-electron chi connectivity index (χ3n) is 4.62. The van der Waals surface area contributed by atoms with Crippen molar-refractivity contribution in [1.29, 1.82) is 0 Å². The van der Waals surface area contributed by atoms with E-state index in [1.54, 1.807) is 17.7 Å². The Bertz CT molecular complexity index is 1290. The van der Waals surface area contributed by atoms with E-state index in [-0.39, 0.29) is 0 Å². The molecule has 146 valence electrons. The maximum Gasteiger partial charge on any atom is 0.143 e. The minimum absolute atomic E-state index is 0.714. The van der Waals surface area contributed by atoms with Crippen molar-refractivity contribution in [2.24, 2.45) is 0 Å². The average Bonchev–Trinajstić information content (AvgIpc) is 3.22. The number of nitrogens with zero attached hydrogens (tertiary/aromatic N) is 2. The summed E-state index contributed by atoms with van der Waals surface area (Å²) in [6, 6.07) is 25.3. The predicted molar refractivity (Wildman–Crippen MR) is 124 cm³/mol. The maximum atomic E-state index is 6.05. The molecule has 1 N–H and O–H groups in total. The predicted octanol–water partition coefficient (Wildman–Crippen LogP) is 7.55. The lowest BCUT2D eigenvalue weighted by Gasteiger charge is -2.10. The summed E-state index contributed by atoms with van der Waals surface area (Å²) >= 11 is 7.65. The minimum Gasteiger partial charge on any atom is -0.457 e. The van der Waals surface area contributed by atoms with Gasteiger partial charge in [-0.25, -0.2) is 9.97 Å². The zero-order valence-corrected chi connectivity index (χ0v) is 17.3. The minimum atomic E-state index is 0.714. The third-order valence-corrected chi connectivity index (χ3v) is 5.76. The number of rotatable bonds is 5. The van der Waals surface area contributed by atoms with Gasteiger partial charge in [-0.05, 0) is 54.1 Å². The number of aromatic nitrogens is 2. The Hall–Kier alpha value is -3.41. The van der Waals surface area contributed by atoms with E-state index < -0.39 is 0 Å². The quantitative estimate of drug-likeness (QED) is 0.313. The van der Waals surface area contributed by atoms with Gasteiger partial charge in [0, 0.05) is 21.7 Å². The second kappa shape index (κ2) is 8.14. The fourth-order valence-corrected chi connectivity index (χ4v) is 4.22. The molecule has 0 spiro atoms. The van der Waals surface area contributed by atoms with Gasteiger partial charge < -0.3 is 10.1 Å². The monoisotopic (exact) mass is 429 g/mol. The number of thiophene rings is 1.